The Morgan fingerprint density at radius 3 is 2.62 bits per heavy atom. The number of methoxy groups -OCH3 is 1. The SMILES string of the molecule is COC(=O)c1ccc(Cn2c(C)nc(C)cc2=O)cc1F. The number of aromatic nitrogens is 2. The van der Waals surface area contributed by atoms with Crippen LogP contribution >= 0.6 is 0 Å². The summed E-state index contributed by atoms with van der Waals surface area (Å²) in [4.78, 5) is 27.5. The molecule has 0 spiro atoms. The number of carbonyl (C=O) groups excluding carboxylic acids is 1. The molecule has 21 heavy (non-hydrogen) atoms. The van der Waals surface area contributed by atoms with Crippen LogP contribution in [-0.4, -0.2) is 22.6 Å². The third-order valence-electron chi connectivity index (χ3n) is 3.11. The monoisotopic (exact) mass is 290 g/mol. The van der Waals surface area contributed by atoms with Gasteiger partial charge in [0.2, 0.25) is 0 Å². The quantitative estimate of drug-likeness (QED) is 0.809. The van der Waals surface area contributed by atoms with Gasteiger partial charge in [-0.25, -0.2) is 14.2 Å². The lowest BCUT2D eigenvalue weighted by atomic mass is 10.1. The van der Waals surface area contributed by atoms with Crippen molar-refractivity contribution in [1.82, 2.24) is 9.55 Å². The molecule has 0 amide bonds. The second-order valence-corrected chi connectivity index (χ2v) is 4.67. The van der Waals surface area contributed by atoms with Crippen molar-refractivity contribution in [1.29, 1.82) is 0 Å². The Balaban J connectivity index is 2.35. The van der Waals surface area contributed by atoms with Crippen molar-refractivity contribution in [3.05, 3.63) is 63.1 Å². The molecule has 110 valence electrons. The number of benzene rings is 1. The Bertz CT molecular complexity index is 753. The summed E-state index contributed by atoms with van der Waals surface area (Å²) in [5.41, 5.74) is 0.877. The normalized spacial score (nSPS) is 10.5. The zero-order chi connectivity index (χ0) is 15.6. The van der Waals surface area contributed by atoms with Crippen LogP contribution in [0.5, 0.6) is 0 Å². The summed E-state index contributed by atoms with van der Waals surface area (Å²) in [6.45, 7) is 3.65. The zero-order valence-corrected chi connectivity index (χ0v) is 12.0. The number of esters is 1. The predicted octanol–water partition coefficient (Wildman–Crippen LogP) is 1.83. The first-order chi connectivity index (χ1) is 9.92. The van der Waals surface area contributed by atoms with Gasteiger partial charge in [-0.05, 0) is 31.5 Å². The van der Waals surface area contributed by atoms with E-state index >= 15 is 0 Å². The van der Waals surface area contributed by atoms with Crippen molar-refractivity contribution in [3.63, 3.8) is 0 Å². The van der Waals surface area contributed by atoms with Gasteiger partial charge >= 0.3 is 5.97 Å². The average Bonchev–Trinajstić information content (AvgIpc) is 2.42. The van der Waals surface area contributed by atoms with Crippen LogP contribution in [0, 0.1) is 19.7 Å². The minimum absolute atomic E-state index is 0.132. The maximum atomic E-state index is 13.9. The fourth-order valence-corrected chi connectivity index (χ4v) is 2.07. The largest absolute Gasteiger partial charge is 0.465 e. The first-order valence-corrected chi connectivity index (χ1v) is 6.34. The average molecular weight is 290 g/mol. The van der Waals surface area contributed by atoms with Crippen molar-refractivity contribution >= 4 is 5.97 Å². The van der Waals surface area contributed by atoms with E-state index in [2.05, 4.69) is 9.72 Å². The maximum Gasteiger partial charge on any atom is 0.340 e. The first kappa shape index (κ1) is 14.9. The third kappa shape index (κ3) is 3.16. The molecule has 0 N–H and O–H groups in total. The molecule has 0 saturated heterocycles. The van der Waals surface area contributed by atoms with Gasteiger partial charge < -0.3 is 4.74 Å². The highest BCUT2D eigenvalue weighted by Gasteiger charge is 2.13. The molecular weight excluding hydrogens is 275 g/mol. The third-order valence-corrected chi connectivity index (χ3v) is 3.11. The lowest BCUT2D eigenvalue weighted by molar-refractivity contribution is 0.0595. The molecule has 6 heteroatoms. The summed E-state index contributed by atoms with van der Waals surface area (Å²) >= 11 is 0. The Morgan fingerprint density at radius 1 is 1.33 bits per heavy atom. The van der Waals surface area contributed by atoms with Crippen LogP contribution in [0.4, 0.5) is 4.39 Å². The standard InChI is InChI=1S/C15H15FN2O3/c1-9-6-14(19)18(10(2)17-9)8-11-4-5-12(13(16)7-11)15(20)21-3/h4-7H,8H2,1-3H3. The van der Waals surface area contributed by atoms with Gasteiger partial charge in [0.05, 0.1) is 19.2 Å². The summed E-state index contributed by atoms with van der Waals surface area (Å²) in [5.74, 6) is -0.855. The minimum Gasteiger partial charge on any atom is -0.465 e. The Kier molecular flexibility index (Phi) is 4.16. The number of nitrogens with zero attached hydrogens (tertiary/aromatic N) is 2. The fourth-order valence-electron chi connectivity index (χ4n) is 2.07. The van der Waals surface area contributed by atoms with Crippen molar-refractivity contribution in [2.75, 3.05) is 7.11 Å². The number of rotatable bonds is 3. The molecule has 0 bridgehead atoms. The Hall–Kier alpha value is -2.50. The lowest BCUT2D eigenvalue weighted by Crippen LogP contribution is -2.24. The van der Waals surface area contributed by atoms with Crippen molar-refractivity contribution < 1.29 is 13.9 Å². The van der Waals surface area contributed by atoms with E-state index in [0.29, 0.717) is 17.1 Å². The van der Waals surface area contributed by atoms with Crippen molar-refractivity contribution in [2.45, 2.75) is 20.4 Å². The molecule has 0 unspecified atom stereocenters. The van der Waals surface area contributed by atoms with Gasteiger partial charge in [0.15, 0.2) is 0 Å². The van der Waals surface area contributed by atoms with Crippen LogP contribution in [0.3, 0.4) is 0 Å². The number of aryl methyl sites for hydroxylation is 2. The van der Waals surface area contributed by atoms with E-state index in [1.165, 1.54) is 29.9 Å². The van der Waals surface area contributed by atoms with Gasteiger partial charge in [0.1, 0.15) is 11.6 Å². The Labute approximate surface area is 121 Å². The van der Waals surface area contributed by atoms with Crippen molar-refractivity contribution in [2.24, 2.45) is 0 Å². The molecular formula is C15H15FN2O3. The van der Waals surface area contributed by atoms with Gasteiger partial charge in [-0.3, -0.25) is 9.36 Å². The highest BCUT2D eigenvalue weighted by molar-refractivity contribution is 5.89. The summed E-state index contributed by atoms with van der Waals surface area (Å²) in [5, 5.41) is 0. The number of hydrogen-bond acceptors (Lipinski definition) is 4. The molecule has 0 fully saturated rings. The second-order valence-electron chi connectivity index (χ2n) is 4.67. The van der Waals surface area contributed by atoms with E-state index < -0.39 is 11.8 Å². The Morgan fingerprint density at radius 2 is 2.05 bits per heavy atom. The molecule has 0 saturated carbocycles. The topological polar surface area (TPSA) is 61.2 Å². The van der Waals surface area contributed by atoms with Gasteiger partial charge in [0.25, 0.3) is 5.56 Å². The molecule has 0 aliphatic rings. The molecule has 0 aliphatic carbocycles. The maximum absolute atomic E-state index is 13.9. The number of hydrogen-bond donors (Lipinski definition) is 0. The van der Waals surface area contributed by atoms with Crippen LogP contribution in [0.1, 0.15) is 27.4 Å². The van der Waals surface area contributed by atoms with Crippen LogP contribution in [0.25, 0.3) is 0 Å². The molecule has 2 aromatic rings. The minimum atomic E-state index is -0.732. The van der Waals surface area contributed by atoms with Crippen LogP contribution in [-0.2, 0) is 11.3 Å². The van der Waals surface area contributed by atoms with E-state index in [4.69, 9.17) is 0 Å². The molecule has 5 nitrogen and oxygen atoms in total. The summed E-state index contributed by atoms with van der Waals surface area (Å²) in [6, 6.07) is 5.57. The summed E-state index contributed by atoms with van der Waals surface area (Å²) in [6.07, 6.45) is 0. The van der Waals surface area contributed by atoms with Gasteiger partial charge in [-0.15, -0.1) is 0 Å². The number of halogens is 1. The first-order valence-electron chi connectivity index (χ1n) is 6.34. The second kappa shape index (κ2) is 5.87. The van der Waals surface area contributed by atoms with Crippen LogP contribution in [0.15, 0.2) is 29.1 Å². The molecule has 0 atom stereocenters. The van der Waals surface area contributed by atoms with Gasteiger partial charge in [-0.1, -0.05) is 6.07 Å². The lowest BCUT2D eigenvalue weighted by Gasteiger charge is -2.10. The van der Waals surface area contributed by atoms with E-state index in [1.54, 1.807) is 19.9 Å². The summed E-state index contributed by atoms with van der Waals surface area (Å²) < 4.78 is 19.8. The van der Waals surface area contributed by atoms with Crippen LogP contribution in [0.2, 0.25) is 0 Å². The molecule has 0 aliphatic heterocycles. The molecule has 1 aromatic carbocycles. The number of carbonyl (C=O) groups is 1. The molecule has 0 radical (unpaired) electrons. The van der Waals surface area contributed by atoms with Gasteiger partial charge in [0, 0.05) is 11.8 Å². The predicted molar refractivity (Wildman–Crippen MR) is 74.8 cm³/mol. The summed E-state index contributed by atoms with van der Waals surface area (Å²) in [7, 11) is 1.19. The fraction of sp³-hybridized carbons (Fsp3) is 0.267. The van der Waals surface area contributed by atoms with E-state index in [0.717, 1.165) is 0 Å². The number of ether oxygens (including phenoxy) is 1. The smallest absolute Gasteiger partial charge is 0.340 e. The van der Waals surface area contributed by atoms with Crippen LogP contribution < -0.4 is 5.56 Å². The highest BCUT2D eigenvalue weighted by Crippen LogP contribution is 2.13. The molecule has 1 heterocycles. The molecule has 2 rings (SSSR count). The zero-order valence-electron chi connectivity index (χ0n) is 12.0. The van der Waals surface area contributed by atoms with Crippen molar-refractivity contribution in [3.8, 4) is 0 Å². The highest BCUT2D eigenvalue weighted by atomic mass is 19.1. The van der Waals surface area contributed by atoms with E-state index in [1.807, 2.05) is 0 Å². The molecule has 1 aromatic heterocycles. The van der Waals surface area contributed by atoms with Gasteiger partial charge in [-0.2, -0.15) is 0 Å². The van der Waals surface area contributed by atoms with E-state index in [9.17, 15) is 14.0 Å². The van der Waals surface area contributed by atoms with E-state index in [-0.39, 0.29) is 17.7 Å².